The van der Waals surface area contributed by atoms with Crippen LogP contribution in [-0.4, -0.2) is 27.2 Å². The number of benzene rings is 3. The Morgan fingerprint density at radius 2 is 1.66 bits per heavy atom. The summed E-state index contributed by atoms with van der Waals surface area (Å²) in [4.78, 5) is 15.5. The van der Waals surface area contributed by atoms with E-state index < -0.39 is 5.97 Å². The van der Waals surface area contributed by atoms with Crippen molar-refractivity contribution < 1.29 is 14.6 Å². The van der Waals surface area contributed by atoms with Crippen molar-refractivity contribution in [2.24, 2.45) is 0 Å². The van der Waals surface area contributed by atoms with Crippen molar-refractivity contribution in [2.45, 2.75) is 19.3 Å². The Labute approximate surface area is 169 Å². The Hall–Kier alpha value is -3.60. The molecular weight excluding hydrogens is 364 g/mol. The second-order valence-corrected chi connectivity index (χ2v) is 6.82. The van der Waals surface area contributed by atoms with Gasteiger partial charge in [-0.1, -0.05) is 48.5 Å². The summed E-state index contributed by atoms with van der Waals surface area (Å²) < 4.78 is 8.01. The highest BCUT2D eigenvalue weighted by molar-refractivity contribution is 5.84. The lowest BCUT2D eigenvalue weighted by molar-refractivity contribution is -0.137. The lowest BCUT2D eigenvalue weighted by Gasteiger charge is -2.10. The van der Waals surface area contributed by atoms with Crippen LogP contribution in [0.25, 0.3) is 28.1 Å². The van der Waals surface area contributed by atoms with Crippen molar-refractivity contribution in [3.05, 3.63) is 78.9 Å². The molecule has 146 valence electrons. The smallest absolute Gasteiger partial charge is 0.303 e. The van der Waals surface area contributed by atoms with Crippen LogP contribution >= 0.6 is 0 Å². The number of hydrogen-bond donors (Lipinski definition) is 1. The third-order valence-electron chi connectivity index (χ3n) is 4.73. The normalized spacial score (nSPS) is 10.9. The third-order valence-corrected chi connectivity index (χ3v) is 4.73. The summed E-state index contributed by atoms with van der Waals surface area (Å²) in [7, 11) is 0. The first-order valence-electron chi connectivity index (χ1n) is 9.70. The molecular formula is C24H22N2O3. The predicted molar refractivity (Wildman–Crippen MR) is 113 cm³/mol. The summed E-state index contributed by atoms with van der Waals surface area (Å²) in [5, 5.41) is 8.73. The van der Waals surface area contributed by atoms with E-state index in [-0.39, 0.29) is 6.42 Å². The van der Waals surface area contributed by atoms with Crippen LogP contribution in [0.1, 0.15) is 19.3 Å². The molecule has 3 aromatic carbocycles. The molecule has 4 rings (SSSR count). The molecule has 1 aromatic heterocycles. The molecule has 1 N–H and O–H groups in total. The molecule has 0 aliphatic rings. The van der Waals surface area contributed by atoms with Gasteiger partial charge in [0, 0.05) is 23.7 Å². The maximum Gasteiger partial charge on any atom is 0.303 e. The van der Waals surface area contributed by atoms with Crippen molar-refractivity contribution in [1.82, 2.24) is 9.55 Å². The van der Waals surface area contributed by atoms with Gasteiger partial charge in [0.1, 0.15) is 11.6 Å². The van der Waals surface area contributed by atoms with Crippen molar-refractivity contribution in [2.75, 3.05) is 6.61 Å². The molecule has 1 heterocycles. The quantitative estimate of drug-likeness (QED) is 0.416. The lowest BCUT2D eigenvalue weighted by Crippen LogP contribution is -2.01. The van der Waals surface area contributed by atoms with Crippen molar-refractivity contribution in [1.29, 1.82) is 0 Å². The van der Waals surface area contributed by atoms with E-state index in [0.717, 1.165) is 33.9 Å². The van der Waals surface area contributed by atoms with Gasteiger partial charge in [-0.3, -0.25) is 9.36 Å². The maximum atomic E-state index is 10.6. The maximum absolute atomic E-state index is 10.6. The second-order valence-electron chi connectivity index (χ2n) is 6.82. The number of carboxylic acids is 1. The van der Waals surface area contributed by atoms with Crippen LogP contribution in [0.2, 0.25) is 0 Å². The minimum atomic E-state index is -0.772. The lowest BCUT2D eigenvalue weighted by atomic mass is 10.2. The molecule has 0 unspecified atom stereocenters. The fourth-order valence-electron chi connectivity index (χ4n) is 3.33. The number of imidazole rings is 1. The number of ether oxygens (including phenoxy) is 1. The van der Waals surface area contributed by atoms with Crippen molar-refractivity contribution >= 4 is 17.0 Å². The van der Waals surface area contributed by atoms with E-state index in [1.54, 1.807) is 0 Å². The minimum absolute atomic E-state index is 0.170. The first-order valence-corrected chi connectivity index (χ1v) is 9.70. The summed E-state index contributed by atoms with van der Waals surface area (Å²) in [5.41, 5.74) is 3.94. The van der Waals surface area contributed by atoms with Crippen LogP contribution in [-0.2, 0) is 4.79 Å². The summed E-state index contributed by atoms with van der Waals surface area (Å²) in [6.45, 7) is 0.490. The number of carbonyl (C=O) groups is 1. The van der Waals surface area contributed by atoms with Gasteiger partial charge in [-0.15, -0.1) is 0 Å². The topological polar surface area (TPSA) is 64.3 Å². The average Bonchev–Trinajstić information content (AvgIpc) is 3.13. The number of unbranched alkanes of at least 4 members (excludes halogenated alkanes) is 1. The van der Waals surface area contributed by atoms with Gasteiger partial charge >= 0.3 is 5.97 Å². The highest BCUT2D eigenvalue weighted by atomic mass is 16.5. The molecule has 4 aromatic rings. The van der Waals surface area contributed by atoms with Crippen LogP contribution in [0.3, 0.4) is 0 Å². The number of aromatic nitrogens is 2. The van der Waals surface area contributed by atoms with Gasteiger partial charge in [-0.05, 0) is 37.1 Å². The van der Waals surface area contributed by atoms with E-state index in [2.05, 4.69) is 28.8 Å². The Balaban J connectivity index is 1.69. The van der Waals surface area contributed by atoms with Crippen molar-refractivity contribution in [3.8, 4) is 22.8 Å². The molecule has 0 radical (unpaired) electrons. The van der Waals surface area contributed by atoms with Crippen LogP contribution < -0.4 is 4.74 Å². The standard InChI is InChI=1S/C24H22N2O3/c27-23(28)13-7-8-16-29-20-14-15-21-22(17-20)26(19-11-5-2-6-12-19)24(25-21)18-9-3-1-4-10-18/h1-6,9-12,14-15,17H,7-8,13,16H2,(H,27,28). The first-order chi connectivity index (χ1) is 14.2. The molecule has 0 atom stereocenters. The zero-order valence-electron chi connectivity index (χ0n) is 16.0. The summed E-state index contributed by atoms with van der Waals surface area (Å²) in [6, 6.07) is 26.2. The second kappa shape index (κ2) is 8.61. The van der Waals surface area contributed by atoms with E-state index in [1.807, 2.05) is 54.6 Å². The Bertz CT molecular complexity index is 1110. The first kappa shape index (κ1) is 18.7. The van der Waals surface area contributed by atoms with Gasteiger partial charge in [0.25, 0.3) is 0 Å². The highest BCUT2D eigenvalue weighted by Crippen LogP contribution is 2.30. The zero-order chi connectivity index (χ0) is 20.1. The van der Waals surface area contributed by atoms with Gasteiger partial charge in [0.15, 0.2) is 0 Å². The van der Waals surface area contributed by atoms with E-state index in [0.29, 0.717) is 19.4 Å². The Morgan fingerprint density at radius 3 is 2.38 bits per heavy atom. The molecule has 5 nitrogen and oxygen atoms in total. The van der Waals surface area contributed by atoms with Crippen LogP contribution in [0.5, 0.6) is 5.75 Å². The largest absolute Gasteiger partial charge is 0.494 e. The van der Waals surface area contributed by atoms with Gasteiger partial charge in [0.05, 0.1) is 17.6 Å². The zero-order valence-corrected chi connectivity index (χ0v) is 16.0. The summed E-state index contributed by atoms with van der Waals surface area (Å²) >= 11 is 0. The molecule has 0 bridgehead atoms. The highest BCUT2D eigenvalue weighted by Gasteiger charge is 2.15. The molecule has 0 aliphatic carbocycles. The number of para-hydroxylation sites is 1. The van der Waals surface area contributed by atoms with Crippen LogP contribution in [0.4, 0.5) is 0 Å². The number of aliphatic carboxylic acids is 1. The van der Waals surface area contributed by atoms with E-state index in [4.69, 9.17) is 14.8 Å². The van der Waals surface area contributed by atoms with E-state index >= 15 is 0 Å². The van der Waals surface area contributed by atoms with E-state index in [1.165, 1.54) is 0 Å². The molecule has 5 heteroatoms. The van der Waals surface area contributed by atoms with Crippen LogP contribution in [0, 0.1) is 0 Å². The Morgan fingerprint density at radius 1 is 0.931 bits per heavy atom. The van der Waals surface area contributed by atoms with Gasteiger partial charge in [0.2, 0.25) is 0 Å². The molecule has 0 fully saturated rings. The number of carboxylic acid groups (broad SMARTS) is 1. The average molecular weight is 386 g/mol. The molecule has 0 saturated carbocycles. The van der Waals surface area contributed by atoms with Crippen LogP contribution in [0.15, 0.2) is 78.9 Å². The molecule has 29 heavy (non-hydrogen) atoms. The monoisotopic (exact) mass is 386 g/mol. The molecule has 0 spiro atoms. The van der Waals surface area contributed by atoms with Gasteiger partial charge in [-0.25, -0.2) is 4.98 Å². The number of rotatable bonds is 8. The fourth-order valence-corrected chi connectivity index (χ4v) is 3.33. The van der Waals surface area contributed by atoms with E-state index in [9.17, 15) is 4.79 Å². The summed E-state index contributed by atoms with van der Waals surface area (Å²) in [5.74, 6) is 0.863. The molecule has 0 amide bonds. The molecule has 0 aliphatic heterocycles. The predicted octanol–water partition coefficient (Wildman–Crippen LogP) is 5.33. The number of hydrogen-bond acceptors (Lipinski definition) is 3. The number of nitrogens with zero attached hydrogens (tertiary/aromatic N) is 2. The van der Waals surface area contributed by atoms with Gasteiger partial charge in [-0.2, -0.15) is 0 Å². The summed E-state index contributed by atoms with van der Waals surface area (Å²) in [6.07, 6.45) is 1.48. The van der Waals surface area contributed by atoms with Gasteiger partial charge < -0.3 is 9.84 Å². The SMILES string of the molecule is O=C(O)CCCCOc1ccc2nc(-c3ccccc3)n(-c3ccccc3)c2c1. The third kappa shape index (κ3) is 4.29. The fraction of sp³-hybridized carbons (Fsp3) is 0.167. The molecule has 0 saturated heterocycles. The number of fused-ring (bicyclic) bond motifs is 1. The van der Waals surface area contributed by atoms with Crippen molar-refractivity contribution in [3.63, 3.8) is 0 Å². The minimum Gasteiger partial charge on any atom is -0.494 e. The Kier molecular flexibility index (Phi) is 5.56.